The third-order valence-electron chi connectivity index (χ3n) is 2.29. The molecule has 8 heteroatoms. The molecule has 2 rings (SSSR count). The maximum atomic E-state index is 13.0. The van der Waals surface area contributed by atoms with E-state index in [9.17, 15) is 14.5 Å². The van der Waals surface area contributed by atoms with Crippen molar-refractivity contribution in [1.29, 1.82) is 0 Å². The summed E-state index contributed by atoms with van der Waals surface area (Å²) in [6.07, 6.45) is 1.02. The first kappa shape index (κ1) is 13.2. The van der Waals surface area contributed by atoms with E-state index in [4.69, 9.17) is 11.6 Å². The molecule has 0 unspecified atom stereocenters. The summed E-state index contributed by atoms with van der Waals surface area (Å²) in [4.78, 5) is 17.4. The number of halogens is 2. The van der Waals surface area contributed by atoms with Gasteiger partial charge in [-0.3, -0.25) is 10.1 Å². The fourth-order valence-electron chi connectivity index (χ4n) is 1.45. The van der Waals surface area contributed by atoms with Crippen molar-refractivity contribution in [3.63, 3.8) is 0 Å². The number of nitrogens with zero attached hydrogens (tertiary/aromatic N) is 3. The molecule has 0 saturated heterocycles. The molecule has 0 fully saturated rings. The molecule has 1 N–H and O–H groups in total. The summed E-state index contributed by atoms with van der Waals surface area (Å²) in [6.45, 7) is 0.186. The average Bonchev–Trinajstić information content (AvgIpc) is 2.36. The fraction of sp³-hybridized carbons (Fsp3) is 0.0909. The number of rotatable bonds is 4. The Kier molecular flexibility index (Phi) is 3.86. The summed E-state index contributed by atoms with van der Waals surface area (Å²) in [7, 11) is 0. The summed E-state index contributed by atoms with van der Waals surface area (Å²) in [5, 5.41) is 13.4. The molecule has 6 nitrogen and oxygen atoms in total. The Morgan fingerprint density at radius 1 is 1.47 bits per heavy atom. The molecular formula is C11H8ClFN4O2. The molecule has 0 spiro atoms. The Morgan fingerprint density at radius 2 is 2.26 bits per heavy atom. The normalized spacial score (nSPS) is 10.2. The van der Waals surface area contributed by atoms with Crippen LogP contribution >= 0.6 is 11.6 Å². The average molecular weight is 283 g/mol. The number of hydrogen-bond acceptors (Lipinski definition) is 5. The molecule has 0 amide bonds. The second-order valence-electron chi connectivity index (χ2n) is 3.61. The second-order valence-corrected chi connectivity index (χ2v) is 3.95. The highest BCUT2D eigenvalue weighted by Gasteiger charge is 2.16. The van der Waals surface area contributed by atoms with Gasteiger partial charge in [0.05, 0.1) is 4.92 Å². The van der Waals surface area contributed by atoms with Crippen LogP contribution in [0.4, 0.5) is 15.9 Å². The van der Waals surface area contributed by atoms with Crippen LogP contribution in [-0.2, 0) is 6.54 Å². The number of aromatic nitrogens is 2. The highest BCUT2D eigenvalue weighted by atomic mass is 35.5. The molecule has 0 aliphatic rings. The van der Waals surface area contributed by atoms with Gasteiger partial charge in [0.25, 0.3) is 0 Å². The van der Waals surface area contributed by atoms with E-state index in [1.807, 2.05) is 0 Å². The number of nitrogens with one attached hydrogen (secondary N) is 1. The molecule has 0 aliphatic heterocycles. The molecule has 1 heterocycles. The fourth-order valence-corrected chi connectivity index (χ4v) is 1.58. The molecule has 2 aromatic rings. The van der Waals surface area contributed by atoms with Crippen molar-refractivity contribution >= 4 is 23.1 Å². The molecule has 0 bridgehead atoms. The van der Waals surface area contributed by atoms with E-state index in [1.165, 1.54) is 12.1 Å². The first-order valence-corrected chi connectivity index (χ1v) is 5.59. The van der Waals surface area contributed by atoms with Gasteiger partial charge in [0.15, 0.2) is 0 Å². The van der Waals surface area contributed by atoms with E-state index in [0.717, 1.165) is 6.20 Å². The molecule has 0 atom stereocenters. The first-order valence-electron chi connectivity index (χ1n) is 5.21. The largest absolute Gasteiger partial charge is 0.360 e. The van der Waals surface area contributed by atoms with Gasteiger partial charge in [-0.05, 0) is 29.3 Å². The minimum absolute atomic E-state index is 0.00531. The third kappa shape index (κ3) is 3.35. The van der Waals surface area contributed by atoms with Crippen LogP contribution in [0.1, 0.15) is 5.56 Å². The summed E-state index contributed by atoms with van der Waals surface area (Å²) in [5.74, 6) is -0.385. The Morgan fingerprint density at radius 3 is 2.95 bits per heavy atom. The highest BCUT2D eigenvalue weighted by molar-refractivity contribution is 6.28. The maximum Gasteiger partial charge on any atom is 0.329 e. The topological polar surface area (TPSA) is 81.0 Å². The zero-order chi connectivity index (χ0) is 13.8. The van der Waals surface area contributed by atoms with Gasteiger partial charge in [-0.2, -0.15) is 4.98 Å². The zero-order valence-corrected chi connectivity index (χ0v) is 10.3. The predicted molar refractivity (Wildman–Crippen MR) is 67.4 cm³/mol. The number of benzene rings is 1. The van der Waals surface area contributed by atoms with Gasteiger partial charge in [0, 0.05) is 6.54 Å². The third-order valence-corrected chi connectivity index (χ3v) is 2.47. The van der Waals surface area contributed by atoms with Gasteiger partial charge >= 0.3 is 5.69 Å². The Labute approximate surface area is 112 Å². The van der Waals surface area contributed by atoms with Gasteiger partial charge in [-0.1, -0.05) is 12.1 Å². The molecule has 0 saturated carbocycles. The maximum absolute atomic E-state index is 13.0. The number of nitro groups is 1. The standard InChI is InChI=1S/C11H8ClFN4O2/c12-11-15-6-9(17(18)19)10(16-11)14-5-7-2-1-3-8(13)4-7/h1-4,6H,5H2,(H,14,15,16). The van der Waals surface area contributed by atoms with Crippen LogP contribution in [-0.4, -0.2) is 14.9 Å². The Balaban J connectivity index is 2.19. The van der Waals surface area contributed by atoms with E-state index in [0.29, 0.717) is 5.56 Å². The van der Waals surface area contributed by atoms with E-state index in [2.05, 4.69) is 15.3 Å². The van der Waals surface area contributed by atoms with Crippen LogP contribution in [0.25, 0.3) is 0 Å². The lowest BCUT2D eigenvalue weighted by Gasteiger charge is -2.06. The lowest BCUT2D eigenvalue weighted by Crippen LogP contribution is -2.05. The summed E-state index contributed by atoms with van der Waals surface area (Å²) in [6, 6.07) is 5.87. The van der Waals surface area contributed by atoms with E-state index < -0.39 is 4.92 Å². The SMILES string of the molecule is O=[N+]([O-])c1cnc(Cl)nc1NCc1cccc(F)c1. The zero-order valence-electron chi connectivity index (χ0n) is 9.51. The number of anilines is 1. The van der Waals surface area contributed by atoms with E-state index in [-0.39, 0.29) is 29.2 Å². The van der Waals surface area contributed by atoms with Crippen molar-refractivity contribution in [2.45, 2.75) is 6.54 Å². The molecule has 1 aromatic carbocycles. The van der Waals surface area contributed by atoms with Gasteiger partial charge in [0.2, 0.25) is 11.1 Å². The molecule has 0 aliphatic carbocycles. The van der Waals surface area contributed by atoms with Gasteiger partial charge in [-0.15, -0.1) is 0 Å². The van der Waals surface area contributed by atoms with E-state index >= 15 is 0 Å². The van der Waals surface area contributed by atoms with Crippen molar-refractivity contribution in [2.75, 3.05) is 5.32 Å². The van der Waals surface area contributed by atoms with Crippen LogP contribution in [0.15, 0.2) is 30.5 Å². The van der Waals surface area contributed by atoms with E-state index in [1.54, 1.807) is 12.1 Å². The Bertz CT molecular complexity index is 623. The number of hydrogen-bond donors (Lipinski definition) is 1. The van der Waals surface area contributed by atoms with Gasteiger partial charge in [-0.25, -0.2) is 9.37 Å². The first-order chi connectivity index (χ1) is 9.06. The summed E-state index contributed by atoms with van der Waals surface area (Å²) >= 11 is 5.58. The minimum Gasteiger partial charge on any atom is -0.360 e. The van der Waals surface area contributed by atoms with Gasteiger partial charge in [0.1, 0.15) is 12.0 Å². The van der Waals surface area contributed by atoms with Crippen LogP contribution in [0.2, 0.25) is 5.28 Å². The molecule has 1 aromatic heterocycles. The predicted octanol–water partition coefficient (Wildman–Crippen LogP) is 2.79. The monoisotopic (exact) mass is 282 g/mol. The van der Waals surface area contributed by atoms with Crippen molar-refractivity contribution in [3.8, 4) is 0 Å². The summed E-state index contributed by atoms with van der Waals surface area (Å²) < 4.78 is 13.0. The lowest BCUT2D eigenvalue weighted by atomic mass is 10.2. The Hall–Kier alpha value is -2.28. The van der Waals surface area contributed by atoms with Crippen molar-refractivity contribution in [2.24, 2.45) is 0 Å². The highest BCUT2D eigenvalue weighted by Crippen LogP contribution is 2.22. The minimum atomic E-state index is -0.621. The second kappa shape index (κ2) is 5.57. The van der Waals surface area contributed by atoms with Crippen molar-refractivity contribution in [1.82, 2.24) is 9.97 Å². The lowest BCUT2D eigenvalue weighted by molar-refractivity contribution is -0.384. The van der Waals surface area contributed by atoms with Crippen LogP contribution in [0.3, 0.4) is 0 Å². The van der Waals surface area contributed by atoms with Crippen LogP contribution in [0, 0.1) is 15.9 Å². The quantitative estimate of drug-likeness (QED) is 0.530. The molecule has 98 valence electrons. The van der Waals surface area contributed by atoms with Crippen molar-refractivity contribution < 1.29 is 9.31 Å². The van der Waals surface area contributed by atoms with Gasteiger partial charge < -0.3 is 5.32 Å². The van der Waals surface area contributed by atoms with Crippen LogP contribution < -0.4 is 5.32 Å². The summed E-state index contributed by atoms with van der Waals surface area (Å²) in [5.41, 5.74) is 0.338. The smallest absolute Gasteiger partial charge is 0.329 e. The van der Waals surface area contributed by atoms with Crippen LogP contribution in [0.5, 0.6) is 0 Å². The van der Waals surface area contributed by atoms with Crippen molar-refractivity contribution in [3.05, 3.63) is 57.2 Å². The molecular weight excluding hydrogens is 275 g/mol. The molecule has 0 radical (unpaired) electrons. The molecule has 19 heavy (non-hydrogen) atoms.